The van der Waals surface area contributed by atoms with Crippen molar-refractivity contribution in [3.05, 3.63) is 71.9 Å². The van der Waals surface area contributed by atoms with Gasteiger partial charge in [-0.3, -0.25) is 0 Å². The van der Waals surface area contributed by atoms with Crippen LogP contribution in [0.3, 0.4) is 0 Å². The average Bonchev–Trinajstić information content (AvgIpc) is 2.66. The molecule has 0 spiro atoms. The summed E-state index contributed by atoms with van der Waals surface area (Å²) in [6, 6.07) is 18.0. The first-order valence-corrected chi connectivity index (χ1v) is 7.68. The van der Waals surface area contributed by atoms with Crippen LogP contribution in [0.5, 0.6) is 5.75 Å². The van der Waals surface area contributed by atoms with Gasteiger partial charge in [-0.2, -0.15) is 10.1 Å². The van der Waals surface area contributed by atoms with E-state index in [4.69, 9.17) is 4.74 Å². The summed E-state index contributed by atoms with van der Waals surface area (Å²) in [6.45, 7) is 1.25. The molecule has 0 unspecified atom stereocenters. The van der Waals surface area contributed by atoms with Crippen LogP contribution < -0.4 is 15.4 Å². The SMILES string of the molecule is COc1ccccc1CNc1nncc(NCc2ccccc2)n1. The molecule has 0 bridgehead atoms. The van der Waals surface area contributed by atoms with Crippen LogP contribution >= 0.6 is 0 Å². The number of methoxy groups -OCH3 is 1. The Balaban J connectivity index is 1.61. The van der Waals surface area contributed by atoms with Gasteiger partial charge in [-0.25, -0.2) is 0 Å². The van der Waals surface area contributed by atoms with Crippen molar-refractivity contribution in [3.8, 4) is 5.75 Å². The molecule has 24 heavy (non-hydrogen) atoms. The maximum absolute atomic E-state index is 5.34. The highest BCUT2D eigenvalue weighted by Gasteiger charge is 2.04. The fourth-order valence-corrected chi connectivity index (χ4v) is 2.28. The van der Waals surface area contributed by atoms with E-state index in [1.165, 1.54) is 5.56 Å². The van der Waals surface area contributed by atoms with E-state index in [0.29, 0.717) is 24.9 Å². The molecule has 122 valence electrons. The molecule has 3 aromatic rings. The molecule has 0 fully saturated rings. The quantitative estimate of drug-likeness (QED) is 0.697. The molecule has 0 saturated heterocycles. The van der Waals surface area contributed by atoms with E-state index in [0.717, 1.165) is 11.3 Å². The van der Waals surface area contributed by atoms with E-state index >= 15 is 0 Å². The summed E-state index contributed by atoms with van der Waals surface area (Å²) >= 11 is 0. The molecule has 0 atom stereocenters. The summed E-state index contributed by atoms with van der Waals surface area (Å²) in [5, 5.41) is 14.4. The Morgan fingerprint density at radius 2 is 1.71 bits per heavy atom. The summed E-state index contributed by atoms with van der Waals surface area (Å²) in [4.78, 5) is 4.42. The largest absolute Gasteiger partial charge is 0.496 e. The number of aromatic nitrogens is 3. The maximum Gasteiger partial charge on any atom is 0.244 e. The Bertz CT molecular complexity index is 779. The van der Waals surface area contributed by atoms with E-state index in [9.17, 15) is 0 Å². The molecule has 1 heterocycles. The van der Waals surface area contributed by atoms with Crippen molar-refractivity contribution >= 4 is 11.8 Å². The van der Waals surface area contributed by atoms with Crippen LogP contribution in [-0.2, 0) is 13.1 Å². The second-order valence-corrected chi connectivity index (χ2v) is 5.17. The minimum Gasteiger partial charge on any atom is -0.496 e. The molecule has 0 aliphatic heterocycles. The zero-order chi connectivity index (χ0) is 16.6. The second-order valence-electron chi connectivity index (χ2n) is 5.17. The van der Waals surface area contributed by atoms with Crippen LogP contribution in [0.1, 0.15) is 11.1 Å². The van der Waals surface area contributed by atoms with Gasteiger partial charge >= 0.3 is 0 Å². The summed E-state index contributed by atoms with van der Waals surface area (Å²) in [7, 11) is 1.66. The highest BCUT2D eigenvalue weighted by Crippen LogP contribution is 2.18. The van der Waals surface area contributed by atoms with Gasteiger partial charge in [0.1, 0.15) is 5.75 Å². The van der Waals surface area contributed by atoms with Crippen molar-refractivity contribution in [2.24, 2.45) is 0 Å². The van der Waals surface area contributed by atoms with Gasteiger partial charge in [-0.05, 0) is 11.6 Å². The van der Waals surface area contributed by atoms with Crippen molar-refractivity contribution in [1.82, 2.24) is 15.2 Å². The Morgan fingerprint density at radius 1 is 0.917 bits per heavy atom. The molecule has 0 aliphatic carbocycles. The molecule has 0 amide bonds. The van der Waals surface area contributed by atoms with Gasteiger partial charge in [0.05, 0.1) is 13.3 Å². The predicted molar refractivity (Wildman–Crippen MR) is 93.9 cm³/mol. The smallest absolute Gasteiger partial charge is 0.244 e. The van der Waals surface area contributed by atoms with Gasteiger partial charge in [-0.15, -0.1) is 5.10 Å². The third kappa shape index (κ3) is 4.19. The molecular formula is C18H19N5O. The summed E-state index contributed by atoms with van der Waals surface area (Å²) in [5.41, 5.74) is 2.21. The molecule has 6 nitrogen and oxygen atoms in total. The molecule has 0 radical (unpaired) electrons. The number of benzene rings is 2. The fourth-order valence-electron chi connectivity index (χ4n) is 2.28. The zero-order valence-electron chi connectivity index (χ0n) is 13.4. The molecular weight excluding hydrogens is 302 g/mol. The number of anilines is 2. The molecule has 0 aliphatic rings. The lowest BCUT2D eigenvalue weighted by Crippen LogP contribution is -2.08. The minimum absolute atomic E-state index is 0.471. The van der Waals surface area contributed by atoms with Gasteiger partial charge in [0.15, 0.2) is 5.82 Å². The van der Waals surface area contributed by atoms with Crippen LogP contribution in [0.15, 0.2) is 60.8 Å². The van der Waals surface area contributed by atoms with E-state index in [2.05, 4.69) is 37.9 Å². The molecule has 6 heteroatoms. The normalized spacial score (nSPS) is 10.2. The van der Waals surface area contributed by atoms with Gasteiger partial charge in [0, 0.05) is 18.7 Å². The number of nitrogens with one attached hydrogen (secondary N) is 2. The Hall–Kier alpha value is -3.15. The van der Waals surface area contributed by atoms with E-state index in [1.807, 2.05) is 42.5 Å². The molecule has 3 rings (SSSR count). The van der Waals surface area contributed by atoms with Gasteiger partial charge in [-0.1, -0.05) is 48.5 Å². The second kappa shape index (κ2) is 7.92. The first kappa shape index (κ1) is 15.7. The molecule has 0 saturated carbocycles. The van der Waals surface area contributed by atoms with Crippen LogP contribution in [0.2, 0.25) is 0 Å². The zero-order valence-corrected chi connectivity index (χ0v) is 13.4. The van der Waals surface area contributed by atoms with E-state index in [1.54, 1.807) is 13.3 Å². The lowest BCUT2D eigenvalue weighted by Gasteiger charge is -2.10. The van der Waals surface area contributed by atoms with Gasteiger partial charge < -0.3 is 15.4 Å². The fraction of sp³-hybridized carbons (Fsp3) is 0.167. The minimum atomic E-state index is 0.471. The lowest BCUT2D eigenvalue weighted by molar-refractivity contribution is 0.410. The number of hydrogen-bond acceptors (Lipinski definition) is 6. The number of nitrogens with zero attached hydrogens (tertiary/aromatic N) is 3. The molecule has 2 N–H and O–H groups in total. The van der Waals surface area contributed by atoms with Crippen molar-refractivity contribution in [2.45, 2.75) is 13.1 Å². The van der Waals surface area contributed by atoms with E-state index < -0.39 is 0 Å². The topological polar surface area (TPSA) is 72.0 Å². The summed E-state index contributed by atoms with van der Waals surface area (Å²) in [6.07, 6.45) is 1.61. The van der Waals surface area contributed by atoms with Crippen LogP contribution in [0.25, 0.3) is 0 Å². The summed E-state index contributed by atoms with van der Waals surface area (Å²) < 4.78 is 5.34. The Morgan fingerprint density at radius 3 is 2.54 bits per heavy atom. The summed E-state index contributed by atoms with van der Waals surface area (Å²) in [5.74, 6) is 1.98. The highest BCUT2D eigenvalue weighted by atomic mass is 16.5. The van der Waals surface area contributed by atoms with Crippen molar-refractivity contribution in [1.29, 1.82) is 0 Å². The van der Waals surface area contributed by atoms with Crippen molar-refractivity contribution in [3.63, 3.8) is 0 Å². The van der Waals surface area contributed by atoms with Crippen LogP contribution in [0.4, 0.5) is 11.8 Å². The predicted octanol–water partition coefficient (Wildman–Crippen LogP) is 3.10. The third-order valence-corrected chi connectivity index (χ3v) is 3.50. The first-order valence-electron chi connectivity index (χ1n) is 7.68. The number of rotatable bonds is 7. The number of para-hydroxylation sites is 1. The first-order chi connectivity index (χ1) is 11.8. The van der Waals surface area contributed by atoms with Crippen LogP contribution in [-0.4, -0.2) is 22.3 Å². The highest BCUT2D eigenvalue weighted by molar-refractivity contribution is 5.40. The number of ether oxygens (including phenoxy) is 1. The van der Waals surface area contributed by atoms with Crippen molar-refractivity contribution < 1.29 is 4.74 Å². The van der Waals surface area contributed by atoms with E-state index in [-0.39, 0.29) is 0 Å². The lowest BCUT2D eigenvalue weighted by atomic mass is 10.2. The van der Waals surface area contributed by atoms with Gasteiger partial charge in [0.2, 0.25) is 5.95 Å². The Labute approximate surface area is 140 Å². The third-order valence-electron chi connectivity index (χ3n) is 3.50. The van der Waals surface area contributed by atoms with Crippen LogP contribution in [0, 0.1) is 0 Å². The molecule has 1 aromatic heterocycles. The maximum atomic E-state index is 5.34. The number of hydrogen-bond donors (Lipinski definition) is 2. The molecule has 2 aromatic carbocycles. The van der Waals surface area contributed by atoms with Gasteiger partial charge in [0.25, 0.3) is 0 Å². The average molecular weight is 321 g/mol. The standard InChI is InChI=1S/C18H19N5O/c1-24-16-10-6-5-9-15(16)12-20-18-22-17(13-21-23-18)19-11-14-7-3-2-4-8-14/h2-10,13H,11-12H2,1H3,(H2,19,20,22,23). The monoisotopic (exact) mass is 321 g/mol. The van der Waals surface area contributed by atoms with Crippen molar-refractivity contribution in [2.75, 3.05) is 17.7 Å². The Kier molecular flexibility index (Phi) is 5.19.